The summed E-state index contributed by atoms with van der Waals surface area (Å²) in [4.78, 5) is 16.1. The highest BCUT2D eigenvalue weighted by Crippen LogP contribution is 2.22. The maximum atomic E-state index is 11.4. The third kappa shape index (κ3) is 3.56. The van der Waals surface area contributed by atoms with Crippen LogP contribution >= 0.6 is 0 Å². The van der Waals surface area contributed by atoms with Gasteiger partial charge in [0.25, 0.3) is 0 Å². The first-order valence-electron chi connectivity index (χ1n) is 7.88. The molecule has 0 unspecified atom stereocenters. The molecule has 2 heterocycles. The molecule has 0 amide bonds. The first-order valence-corrected chi connectivity index (χ1v) is 7.88. The van der Waals surface area contributed by atoms with Gasteiger partial charge in [0.2, 0.25) is 5.43 Å². The quantitative estimate of drug-likeness (QED) is 0.942. The fraction of sp³-hybridized carbons (Fsp3) is 0.389. The van der Waals surface area contributed by atoms with Crippen LogP contribution < -0.4 is 10.3 Å². The maximum absolute atomic E-state index is 11.4. The fourth-order valence-corrected chi connectivity index (χ4v) is 3.05. The van der Waals surface area contributed by atoms with Crippen LogP contribution in [0.15, 0.2) is 39.7 Å². The zero-order valence-corrected chi connectivity index (χ0v) is 13.6. The minimum atomic E-state index is -0.389. The van der Waals surface area contributed by atoms with Gasteiger partial charge in [0.05, 0.1) is 6.54 Å². The topological polar surface area (TPSA) is 56.9 Å². The highest BCUT2D eigenvalue weighted by Gasteiger charge is 2.19. The van der Waals surface area contributed by atoms with Gasteiger partial charge in [0, 0.05) is 37.9 Å². The third-order valence-electron chi connectivity index (χ3n) is 4.31. The molecule has 0 aliphatic carbocycles. The summed E-state index contributed by atoms with van der Waals surface area (Å²) in [5, 5.41) is 9.23. The van der Waals surface area contributed by atoms with Gasteiger partial charge in [-0.2, -0.15) is 0 Å². The SMILES string of the molecule is Cc1ccc(N2CCN(Cc3cc(=O)c(O)co3)CC2)c(C)c1. The number of anilines is 1. The Morgan fingerprint density at radius 2 is 1.87 bits per heavy atom. The van der Waals surface area contributed by atoms with Gasteiger partial charge in [0.15, 0.2) is 5.75 Å². The van der Waals surface area contributed by atoms with Crippen molar-refractivity contribution in [3.05, 3.63) is 57.6 Å². The van der Waals surface area contributed by atoms with E-state index in [-0.39, 0.29) is 11.2 Å². The van der Waals surface area contributed by atoms with Crippen LogP contribution in [0, 0.1) is 13.8 Å². The third-order valence-corrected chi connectivity index (χ3v) is 4.31. The number of hydrogen-bond donors (Lipinski definition) is 1. The molecule has 23 heavy (non-hydrogen) atoms. The lowest BCUT2D eigenvalue weighted by molar-refractivity contribution is 0.227. The molecule has 0 saturated carbocycles. The second kappa shape index (κ2) is 6.46. The zero-order valence-electron chi connectivity index (χ0n) is 13.6. The maximum Gasteiger partial charge on any atom is 0.226 e. The van der Waals surface area contributed by atoms with E-state index < -0.39 is 0 Å². The standard InChI is InChI=1S/C18H22N2O3/c1-13-3-4-16(14(2)9-13)20-7-5-19(6-8-20)11-15-10-17(21)18(22)12-23-15/h3-4,9-10,12,22H,5-8,11H2,1-2H3. The minimum Gasteiger partial charge on any atom is -0.502 e. The number of benzene rings is 1. The number of aromatic hydroxyl groups is 1. The van der Waals surface area contributed by atoms with Crippen molar-refractivity contribution in [2.45, 2.75) is 20.4 Å². The second-order valence-corrected chi connectivity index (χ2v) is 6.15. The van der Waals surface area contributed by atoms with Crippen molar-refractivity contribution in [2.75, 3.05) is 31.1 Å². The van der Waals surface area contributed by atoms with Crippen LogP contribution in [0.4, 0.5) is 5.69 Å². The number of hydrogen-bond acceptors (Lipinski definition) is 5. The Balaban J connectivity index is 1.62. The van der Waals surface area contributed by atoms with Crippen LogP contribution in [-0.4, -0.2) is 36.2 Å². The summed E-state index contributed by atoms with van der Waals surface area (Å²) in [7, 11) is 0. The van der Waals surface area contributed by atoms with Gasteiger partial charge in [-0.1, -0.05) is 17.7 Å². The average molecular weight is 314 g/mol. The van der Waals surface area contributed by atoms with Gasteiger partial charge in [-0.15, -0.1) is 0 Å². The Hall–Kier alpha value is -2.27. The molecule has 0 spiro atoms. The molecule has 5 heteroatoms. The molecule has 1 N–H and O–H groups in total. The molecule has 1 aliphatic rings. The molecule has 2 aromatic rings. The van der Waals surface area contributed by atoms with Crippen molar-refractivity contribution >= 4 is 5.69 Å². The molecule has 122 valence electrons. The van der Waals surface area contributed by atoms with E-state index in [1.165, 1.54) is 22.9 Å². The molecule has 0 atom stereocenters. The predicted molar refractivity (Wildman–Crippen MR) is 90.0 cm³/mol. The summed E-state index contributed by atoms with van der Waals surface area (Å²) in [6, 6.07) is 7.93. The van der Waals surface area contributed by atoms with Crippen LogP contribution in [0.25, 0.3) is 0 Å². The lowest BCUT2D eigenvalue weighted by Gasteiger charge is -2.36. The van der Waals surface area contributed by atoms with Crippen molar-refractivity contribution in [3.63, 3.8) is 0 Å². The highest BCUT2D eigenvalue weighted by atomic mass is 16.4. The summed E-state index contributed by atoms with van der Waals surface area (Å²) >= 11 is 0. The summed E-state index contributed by atoms with van der Waals surface area (Å²) in [6.07, 6.45) is 1.11. The van der Waals surface area contributed by atoms with E-state index in [2.05, 4.69) is 41.8 Å². The van der Waals surface area contributed by atoms with Crippen molar-refractivity contribution < 1.29 is 9.52 Å². The average Bonchev–Trinajstić information content (AvgIpc) is 2.52. The molecule has 1 saturated heterocycles. The molecule has 1 fully saturated rings. The summed E-state index contributed by atoms with van der Waals surface area (Å²) in [5.41, 5.74) is 3.50. The van der Waals surface area contributed by atoms with E-state index in [9.17, 15) is 9.90 Å². The Morgan fingerprint density at radius 3 is 2.52 bits per heavy atom. The van der Waals surface area contributed by atoms with Crippen LogP contribution in [0.2, 0.25) is 0 Å². The van der Waals surface area contributed by atoms with Crippen LogP contribution in [0.3, 0.4) is 0 Å². The Labute approximate surface area is 135 Å². The first-order chi connectivity index (χ1) is 11.0. The molecule has 1 aromatic heterocycles. The van der Waals surface area contributed by atoms with Gasteiger partial charge < -0.3 is 14.4 Å². The molecule has 0 bridgehead atoms. The molecule has 1 aromatic carbocycles. The Morgan fingerprint density at radius 1 is 1.13 bits per heavy atom. The van der Waals surface area contributed by atoms with E-state index in [0.717, 1.165) is 32.4 Å². The zero-order chi connectivity index (χ0) is 16.4. The van der Waals surface area contributed by atoms with Gasteiger partial charge in [-0.25, -0.2) is 0 Å². The molecule has 1 aliphatic heterocycles. The van der Waals surface area contributed by atoms with E-state index in [1.54, 1.807) is 0 Å². The number of rotatable bonds is 3. The Kier molecular flexibility index (Phi) is 4.39. The lowest BCUT2D eigenvalue weighted by Crippen LogP contribution is -2.46. The van der Waals surface area contributed by atoms with Gasteiger partial charge in [-0.05, 0) is 25.5 Å². The van der Waals surface area contributed by atoms with Gasteiger partial charge in [0.1, 0.15) is 12.0 Å². The summed E-state index contributed by atoms with van der Waals surface area (Å²) in [6.45, 7) is 8.59. The predicted octanol–water partition coefficient (Wildman–Crippen LogP) is 2.28. The van der Waals surface area contributed by atoms with Crippen molar-refractivity contribution in [2.24, 2.45) is 0 Å². The normalized spacial score (nSPS) is 15.8. The monoisotopic (exact) mass is 314 g/mol. The first kappa shape index (κ1) is 15.6. The molecular formula is C18H22N2O3. The molecular weight excluding hydrogens is 292 g/mol. The fourth-order valence-electron chi connectivity index (χ4n) is 3.05. The van der Waals surface area contributed by atoms with Crippen LogP contribution in [0.1, 0.15) is 16.9 Å². The second-order valence-electron chi connectivity index (χ2n) is 6.15. The highest BCUT2D eigenvalue weighted by molar-refractivity contribution is 5.54. The number of piperazine rings is 1. The Bertz CT molecular complexity index is 746. The van der Waals surface area contributed by atoms with Gasteiger partial charge >= 0.3 is 0 Å². The van der Waals surface area contributed by atoms with Crippen LogP contribution in [-0.2, 0) is 6.54 Å². The largest absolute Gasteiger partial charge is 0.502 e. The van der Waals surface area contributed by atoms with E-state index in [0.29, 0.717) is 12.3 Å². The minimum absolute atomic E-state index is 0.339. The van der Waals surface area contributed by atoms with E-state index in [1.807, 2.05) is 0 Å². The van der Waals surface area contributed by atoms with E-state index in [4.69, 9.17) is 4.42 Å². The van der Waals surface area contributed by atoms with Gasteiger partial charge in [-0.3, -0.25) is 9.69 Å². The lowest BCUT2D eigenvalue weighted by atomic mass is 10.1. The molecule has 0 radical (unpaired) electrons. The van der Waals surface area contributed by atoms with Crippen LogP contribution in [0.5, 0.6) is 5.75 Å². The van der Waals surface area contributed by atoms with Crippen molar-refractivity contribution in [1.29, 1.82) is 0 Å². The summed E-state index contributed by atoms with van der Waals surface area (Å²) in [5.74, 6) is 0.251. The number of aryl methyl sites for hydroxylation is 2. The molecule has 5 nitrogen and oxygen atoms in total. The number of nitrogens with zero attached hydrogens (tertiary/aromatic N) is 2. The van der Waals surface area contributed by atoms with E-state index >= 15 is 0 Å². The smallest absolute Gasteiger partial charge is 0.226 e. The van der Waals surface area contributed by atoms with Crippen molar-refractivity contribution in [3.8, 4) is 5.75 Å². The molecule has 3 rings (SSSR count). The summed E-state index contributed by atoms with van der Waals surface area (Å²) < 4.78 is 5.28. The van der Waals surface area contributed by atoms with Crippen molar-refractivity contribution in [1.82, 2.24) is 4.90 Å².